The Bertz CT molecular complexity index is 284. The van der Waals surface area contributed by atoms with Gasteiger partial charge in [0.2, 0.25) is 0 Å². The predicted molar refractivity (Wildman–Crippen MR) is 105 cm³/mol. The summed E-state index contributed by atoms with van der Waals surface area (Å²) < 4.78 is 6.11. The molecule has 2 aliphatic rings. The van der Waals surface area contributed by atoms with E-state index in [1.807, 2.05) is 0 Å². The van der Waals surface area contributed by atoms with Gasteiger partial charge in [0.25, 0.3) is 0 Å². The van der Waals surface area contributed by atoms with Crippen LogP contribution in [0.3, 0.4) is 0 Å². The van der Waals surface area contributed by atoms with E-state index in [9.17, 15) is 0 Å². The molecule has 0 heterocycles. The van der Waals surface area contributed by atoms with Crippen LogP contribution in [0.4, 0.5) is 0 Å². The van der Waals surface area contributed by atoms with E-state index in [0.29, 0.717) is 6.10 Å². The second-order valence-electron chi connectivity index (χ2n) is 8.83. The Morgan fingerprint density at radius 3 is 1.67 bits per heavy atom. The lowest BCUT2D eigenvalue weighted by atomic mass is 9.76. The van der Waals surface area contributed by atoms with Gasteiger partial charge in [0.15, 0.2) is 0 Å². The SMILES string of the molecule is CCCCCCO[C@H]1CC[C@H](CC[C@H]2CC[C@H](CCC)CC2)CC1. The molecule has 0 aliphatic heterocycles. The fourth-order valence-electron chi connectivity index (χ4n) is 5.05. The lowest BCUT2D eigenvalue weighted by Gasteiger charge is -2.32. The maximum absolute atomic E-state index is 6.11. The third-order valence-corrected chi connectivity index (χ3v) is 6.79. The molecule has 0 amide bonds. The van der Waals surface area contributed by atoms with Crippen LogP contribution >= 0.6 is 0 Å². The van der Waals surface area contributed by atoms with Gasteiger partial charge in [-0.05, 0) is 49.9 Å². The van der Waals surface area contributed by atoms with Gasteiger partial charge in [0, 0.05) is 6.61 Å². The van der Waals surface area contributed by atoms with Crippen LogP contribution in [0.2, 0.25) is 0 Å². The number of rotatable bonds is 11. The molecule has 0 aromatic carbocycles. The summed E-state index contributed by atoms with van der Waals surface area (Å²) in [7, 11) is 0. The zero-order chi connectivity index (χ0) is 17.0. The lowest BCUT2D eigenvalue weighted by Crippen LogP contribution is -2.23. The number of hydrogen-bond donors (Lipinski definition) is 0. The van der Waals surface area contributed by atoms with E-state index in [4.69, 9.17) is 4.74 Å². The van der Waals surface area contributed by atoms with Crippen molar-refractivity contribution in [3.63, 3.8) is 0 Å². The molecule has 0 spiro atoms. The van der Waals surface area contributed by atoms with Crippen LogP contribution in [0.25, 0.3) is 0 Å². The normalized spacial score (nSPS) is 31.2. The second-order valence-corrected chi connectivity index (χ2v) is 8.83. The van der Waals surface area contributed by atoms with Gasteiger partial charge in [0.05, 0.1) is 6.10 Å². The lowest BCUT2D eigenvalue weighted by molar-refractivity contribution is 0.0145. The van der Waals surface area contributed by atoms with Gasteiger partial charge in [-0.1, -0.05) is 84.5 Å². The van der Waals surface area contributed by atoms with Gasteiger partial charge < -0.3 is 4.74 Å². The largest absolute Gasteiger partial charge is 0.378 e. The molecule has 2 aliphatic carbocycles. The molecule has 1 heteroatoms. The minimum atomic E-state index is 0.590. The van der Waals surface area contributed by atoms with Crippen molar-refractivity contribution >= 4 is 0 Å². The Hall–Kier alpha value is -0.0400. The van der Waals surface area contributed by atoms with Crippen molar-refractivity contribution in [3.8, 4) is 0 Å². The average Bonchev–Trinajstić information content (AvgIpc) is 2.62. The molecule has 2 fully saturated rings. The zero-order valence-electron chi connectivity index (χ0n) is 16.7. The second kappa shape index (κ2) is 12.3. The molecule has 24 heavy (non-hydrogen) atoms. The molecule has 0 bridgehead atoms. The summed E-state index contributed by atoms with van der Waals surface area (Å²) in [5, 5.41) is 0. The van der Waals surface area contributed by atoms with Crippen molar-refractivity contribution in [2.45, 2.75) is 123 Å². The molecule has 0 N–H and O–H groups in total. The van der Waals surface area contributed by atoms with Crippen molar-refractivity contribution in [1.29, 1.82) is 0 Å². The third-order valence-electron chi connectivity index (χ3n) is 6.79. The number of hydrogen-bond acceptors (Lipinski definition) is 1. The minimum Gasteiger partial charge on any atom is -0.378 e. The van der Waals surface area contributed by atoms with Crippen molar-refractivity contribution in [1.82, 2.24) is 0 Å². The van der Waals surface area contributed by atoms with Crippen LogP contribution in [0.1, 0.15) is 117 Å². The predicted octanol–water partition coefficient (Wildman–Crippen LogP) is 7.53. The molecular formula is C23H44O. The van der Waals surface area contributed by atoms with Crippen LogP contribution < -0.4 is 0 Å². The van der Waals surface area contributed by atoms with Crippen molar-refractivity contribution in [2.75, 3.05) is 6.61 Å². The van der Waals surface area contributed by atoms with E-state index in [-0.39, 0.29) is 0 Å². The fourth-order valence-corrected chi connectivity index (χ4v) is 5.05. The Balaban J connectivity index is 1.48. The maximum atomic E-state index is 6.11. The molecule has 2 rings (SSSR count). The first kappa shape index (κ1) is 20.3. The van der Waals surface area contributed by atoms with Gasteiger partial charge in [-0.3, -0.25) is 0 Å². The third kappa shape index (κ3) is 7.89. The van der Waals surface area contributed by atoms with Crippen molar-refractivity contribution < 1.29 is 4.74 Å². The zero-order valence-corrected chi connectivity index (χ0v) is 16.7. The maximum Gasteiger partial charge on any atom is 0.0575 e. The standard InChI is InChI=1S/C23H44O/c1-3-5-6-7-19-24-23-17-15-22(16-18-23)14-13-21-11-9-20(8-4-2)10-12-21/h20-23H,3-19H2,1-2H3/t20-,21-,22-,23-. The van der Waals surface area contributed by atoms with Gasteiger partial charge in [-0.15, -0.1) is 0 Å². The summed E-state index contributed by atoms with van der Waals surface area (Å²) in [6.07, 6.45) is 23.5. The molecule has 0 unspecified atom stereocenters. The summed E-state index contributed by atoms with van der Waals surface area (Å²) in [5.41, 5.74) is 0. The highest BCUT2D eigenvalue weighted by Crippen LogP contribution is 2.36. The molecule has 0 atom stereocenters. The van der Waals surface area contributed by atoms with E-state index in [2.05, 4.69) is 13.8 Å². The Morgan fingerprint density at radius 1 is 0.583 bits per heavy atom. The molecule has 142 valence electrons. The fraction of sp³-hybridized carbons (Fsp3) is 1.00. The topological polar surface area (TPSA) is 9.23 Å². The molecular weight excluding hydrogens is 292 g/mol. The van der Waals surface area contributed by atoms with E-state index in [1.165, 1.54) is 103 Å². The average molecular weight is 337 g/mol. The summed E-state index contributed by atoms with van der Waals surface area (Å²) >= 11 is 0. The van der Waals surface area contributed by atoms with Crippen LogP contribution in [-0.4, -0.2) is 12.7 Å². The summed E-state index contributed by atoms with van der Waals surface area (Å²) in [5.74, 6) is 3.14. The first-order valence-electron chi connectivity index (χ1n) is 11.4. The first-order valence-corrected chi connectivity index (χ1v) is 11.4. The number of ether oxygens (including phenoxy) is 1. The van der Waals surface area contributed by atoms with Crippen LogP contribution in [0, 0.1) is 17.8 Å². The van der Waals surface area contributed by atoms with Gasteiger partial charge in [0.1, 0.15) is 0 Å². The van der Waals surface area contributed by atoms with E-state index >= 15 is 0 Å². The van der Waals surface area contributed by atoms with Crippen molar-refractivity contribution in [3.05, 3.63) is 0 Å². The monoisotopic (exact) mass is 336 g/mol. The molecule has 0 aromatic heterocycles. The smallest absolute Gasteiger partial charge is 0.0575 e. The molecule has 1 nitrogen and oxygen atoms in total. The van der Waals surface area contributed by atoms with E-state index < -0.39 is 0 Å². The molecule has 0 aromatic rings. The van der Waals surface area contributed by atoms with Crippen LogP contribution in [-0.2, 0) is 4.74 Å². The van der Waals surface area contributed by atoms with Gasteiger partial charge in [-0.25, -0.2) is 0 Å². The highest BCUT2D eigenvalue weighted by molar-refractivity contribution is 4.77. The quantitative estimate of drug-likeness (QED) is 0.354. The highest BCUT2D eigenvalue weighted by atomic mass is 16.5. The minimum absolute atomic E-state index is 0.590. The van der Waals surface area contributed by atoms with E-state index in [1.54, 1.807) is 0 Å². The Kier molecular flexibility index (Phi) is 10.4. The molecule has 2 saturated carbocycles. The highest BCUT2D eigenvalue weighted by Gasteiger charge is 2.24. The first-order chi connectivity index (χ1) is 11.8. The Morgan fingerprint density at radius 2 is 1.12 bits per heavy atom. The summed E-state index contributed by atoms with van der Waals surface area (Å²) in [6, 6.07) is 0. The summed E-state index contributed by atoms with van der Waals surface area (Å²) in [6.45, 7) is 5.63. The van der Waals surface area contributed by atoms with Crippen LogP contribution in [0.15, 0.2) is 0 Å². The molecule has 0 radical (unpaired) electrons. The van der Waals surface area contributed by atoms with E-state index in [0.717, 1.165) is 24.4 Å². The van der Waals surface area contributed by atoms with Gasteiger partial charge in [-0.2, -0.15) is 0 Å². The summed E-state index contributed by atoms with van der Waals surface area (Å²) in [4.78, 5) is 0. The van der Waals surface area contributed by atoms with Gasteiger partial charge >= 0.3 is 0 Å². The van der Waals surface area contributed by atoms with Crippen LogP contribution in [0.5, 0.6) is 0 Å². The number of unbranched alkanes of at least 4 members (excludes halogenated alkanes) is 3. The van der Waals surface area contributed by atoms with Crippen molar-refractivity contribution in [2.24, 2.45) is 17.8 Å². The Labute approximate surface area is 152 Å². The molecule has 0 saturated heterocycles.